The number of rotatable bonds is 4. The van der Waals surface area contributed by atoms with Crippen LogP contribution in [0, 0.1) is 0 Å². The molecule has 1 amide bonds. The van der Waals surface area contributed by atoms with Gasteiger partial charge in [-0.25, -0.2) is 9.97 Å². The molecule has 0 radical (unpaired) electrons. The zero-order valence-electron chi connectivity index (χ0n) is 14.5. The number of thiophene rings is 1. The van der Waals surface area contributed by atoms with Gasteiger partial charge in [0.1, 0.15) is 5.75 Å². The van der Waals surface area contributed by atoms with Crippen molar-refractivity contribution in [2.75, 3.05) is 13.7 Å². The Hall–Kier alpha value is -2.73. The number of carbonyl (C=O) groups is 1. The number of ether oxygens (including phenoxy) is 1. The van der Waals surface area contributed by atoms with E-state index in [1.54, 1.807) is 30.8 Å². The minimum atomic E-state index is -0.0314. The van der Waals surface area contributed by atoms with Crippen LogP contribution in [0.3, 0.4) is 0 Å². The minimum Gasteiger partial charge on any atom is -0.496 e. The second-order valence-electron chi connectivity index (χ2n) is 6.17. The van der Waals surface area contributed by atoms with Crippen LogP contribution in [-0.4, -0.2) is 34.4 Å². The summed E-state index contributed by atoms with van der Waals surface area (Å²) in [6, 6.07) is 11.9. The molecule has 0 saturated carbocycles. The molecule has 1 aromatic carbocycles. The van der Waals surface area contributed by atoms with E-state index in [0.717, 1.165) is 35.6 Å². The summed E-state index contributed by atoms with van der Waals surface area (Å²) < 4.78 is 5.49. The fraction of sp³-hybridized carbons (Fsp3) is 0.250. The van der Waals surface area contributed by atoms with Gasteiger partial charge >= 0.3 is 0 Å². The molecule has 0 unspecified atom stereocenters. The smallest absolute Gasteiger partial charge is 0.257 e. The highest BCUT2D eigenvalue weighted by Gasteiger charge is 2.32. The normalized spacial score (nSPS) is 16.7. The first-order chi connectivity index (χ1) is 12.8. The number of aromatic nitrogens is 2. The van der Waals surface area contributed by atoms with Gasteiger partial charge in [0, 0.05) is 24.5 Å². The quantitative estimate of drug-likeness (QED) is 0.696. The molecular formula is C20H19N3O2S. The molecule has 2 aromatic heterocycles. The average molecular weight is 365 g/mol. The Morgan fingerprint density at radius 3 is 2.73 bits per heavy atom. The fourth-order valence-corrected chi connectivity index (χ4v) is 4.08. The zero-order valence-corrected chi connectivity index (χ0v) is 15.3. The lowest BCUT2D eigenvalue weighted by Gasteiger charge is -2.26. The van der Waals surface area contributed by atoms with Crippen molar-refractivity contribution in [3.63, 3.8) is 0 Å². The highest BCUT2D eigenvalue weighted by molar-refractivity contribution is 7.13. The molecule has 1 saturated heterocycles. The minimum absolute atomic E-state index is 0.0237. The Morgan fingerprint density at radius 2 is 2.00 bits per heavy atom. The highest BCUT2D eigenvalue weighted by atomic mass is 32.1. The van der Waals surface area contributed by atoms with Crippen molar-refractivity contribution in [3.8, 4) is 16.5 Å². The Balaban J connectivity index is 1.59. The summed E-state index contributed by atoms with van der Waals surface area (Å²) in [7, 11) is 1.66. The summed E-state index contributed by atoms with van der Waals surface area (Å²) in [5.74, 6) is 1.44. The van der Waals surface area contributed by atoms with Gasteiger partial charge in [0.15, 0.2) is 5.82 Å². The van der Waals surface area contributed by atoms with Crippen molar-refractivity contribution in [2.45, 2.75) is 18.9 Å². The fourth-order valence-electron chi connectivity index (χ4n) is 3.41. The van der Waals surface area contributed by atoms with Gasteiger partial charge in [0.25, 0.3) is 5.91 Å². The number of nitrogens with zero attached hydrogens (tertiary/aromatic N) is 3. The summed E-state index contributed by atoms with van der Waals surface area (Å²) in [4.78, 5) is 24.7. The number of benzene rings is 1. The molecule has 0 aliphatic carbocycles. The van der Waals surface area contributed by atoms with E-state index >= 15 is 0 Å². The van der Waals surface area contributed by atoms with Gasteiger partial charge < -0.3 is 9.64 Å². The van der Waals surface area contributed by atoms with Crippen LogP contribution in [0.4, 0.5) is 0 Å². The van der Waals surface area contributed by atoms with Crippen molar-refractivity contribution in [3.05, 3.63) is 65.3 Å². The van der Waals surface area contributed by atoms with E-state index in [4.69, 9.17) is 4.74 Å². The van der Waals surface area contributed by atoms with Crippen LogP contribution in [0.1, 0.15) is 34.8 Å². The molecule has 1 fully saturated rings. The Morgan fingerprint density at radius 1 is 1.19 bits per heavy atom. The molecule has 0 N–H and O–H groups in total. The zero-order chi connectivity index (χ0) is 17.9. The number of para-hydroxylation sites is 1. The molecule has 132 valence electrons. The summed E-state index contributed by atoms with van der Waals surface area (Å²) in [5.41, 5.74) is 1.57. The molecular weight excluding hydrogens is 346 g/mol. The van der Waals surface area contributed by atoms with Crippen molar-refractivity contribution in [2.24, 2.45) is 0 Å². The van der Waals surface area contributed by atoms with Crippen LogP contribution < -0.4 is 4.74 Å². The third kappa shape index (κ3) is 3.08. The topological polar surface area (TPSA) is 55.3 Å². The van der Waals surface area contributed by atoms with E-state index < -0.39 is 0 Å². The third-order valence-corrected chi connectivity index (χ3v) is 5.52. The van der Waals surface area contributed by atoms with Crippen LogP contribution in [0.25, 0.3) is 10.7 Å². The van der Waals surface area contributed by atoms with E-state index in [2.05, 4.69) is 9.97 Å². The monoisotopic (exact) mass is 365 g/mol. The van der Waals surface area contributed by atoms with E-state index in [-0.39, 0.29) is 11.9 Å². The number of likely N-dealkylation sites (tertiary alicyclic amines) is 1. The van der Waals surface area contributed by atoms with E-state index in [1.165, 1.54) is 0 Å². The Kier molecular flexibility index (Phi) is 4.67. The van der Waals surface area contributed by atoms with Crippen molar-refractivity contribution in [1.29, 1.82) is 0 Å². The lowest BCUT2D eigenvalue weighted by molar-refractivity contribution is 0.0733. The number of carbonyl (C=O) groups excluding carboxylic acids is 1. The molecule has 0 bridgehead atoms. The summed E-state index contributed by atoms with van der Waals surface area (Å²) in [6.45, 7) is 0.730. The van der Waals surface area contributed by atoms with Crippen molar-refractivity contribution in [1.82, 2.24) is 14.9 Å². The average Bonchev–Trinajstić information content (AvgIpc) is 3.39. The van der Waals surface area contributed by atoms with Crippen LogP contribution >= 0.6 is 11.3 Å². The van der Waals surface area contributed by atoms with E-state index in [1.807, 2.05) is 46.7 Å². The summed E-state index contributed by atoms with van der Waals surface area (Å²) in [5, 5.41) is 1.99. The molecule has 6 heteroatoms. The molecule has 26 heavy (non-hydrogen) atoms. The maximum Gasteiger partial charge on any atom is 0.257 e. The largest absolute Gasteiger partial charge is 0.496 e. The van der Waals surface area contributed by atoms with Gasteiger partial charge in [-0.1, -0.05) is 24.3 Å². The molecule has 3 aromatic rings. The van der Waals surface area contributed by atoms with Gasteiger partial charge in [0.2, 0.25) is 0 Å². The van der Waals surface area contributed by atoms with Gasteiger partial charge in [0.05, 0.1) is 23.6 Å². The van der Waals surface area contributed by atoms with Gasteiger partial charge in [-0.3, -0.25) is 4.79 Å². The SMILES string of the molecule is COc1ccccc1[C@H]1CCCN1C(=O)c1cnc(-c2cccs2)nc1. The Labute approximate surface area is 156 Å². The van der Waals surface area contributed by atoms with Crippen molar-refractivity contribution < 1.29 is 9.53 Å². The number of methoxy groups -OCH3 is 1. The van der Waals surface area contributed by atoms with E-state index in [9.17, 15) is 4.79 Å². The van der Waals surface area contributed by atoms with Crippen LogP contribution in [0.5, 0.6) is 5.75 Å². The van der Waals surface area contributed by atoms with Gasteiger partial charge in [-0.15, -0.1) is 11.3 Å². The molecule has 1 aliphatic heterocycles. The predicted molar refractivity (Wildman–Crippen MR) is 101 cm³/mol. The number of amides is 1. The number of hydrogen-bond donors (Lipinski definition) is 0. The first-order valence-corrected chi connectivity index (χ1v) is 9.45. The molecule has 1 atom stereocenters. The highest BCUT2D eigenvalue weighted by Crippen LogP contribution is 2.37. The predicted octanol–water partition coefficient (Wildman–Crippen LogP) is 4.19. The Bertz CT molecular complexity index is 894. The first-order valence-electron chi connectivity index (χ1n) is 8.57. The molecule has 0 spiro atoms. The molecule has 4 rings (SSSR count). The van der Waals surface area contributed by atoms with Gasteiger partial charge in [-0.2, -0.15) is 0 Å². The van der Waals surface area contributed by atoms with Crippen LogP contribution in [-0.2, 0) is 0 Å². The van der Waals surface area contributed by atoms with Crippen LogP contribution in [0.2, 0.25) is 0 Å². The third-order valence-electron chi connectivity index (χ3n) is 4.65. The molecule has 5 nitrogen and oxygen atoms in total. The van der Waals surface area contributed by atoms with E-state index in [0.29, 0.717) is 11.4 Å². The van der Waals surface area contributed by atoms with Gasteiger partial charge in [-0.05, 0) is 30.4 Å². The lowest BCUT2D eigenvalue weighted by atomic mass is 10.0. The summed E-state index contributed by atoms with van der Waals surface area (Å²) >= 11 is 1.58. The second-order valence-corrected chi connectivity index (χ2v) is 7.12. The maximum atomic E-state index is 13.0. The standard InChI is InChI=1S/C20H19N3O2S/c1-25-17-8-3-2-6-15(17)16-7-4-10-23(16)20(24)14-12-21-19(22-13-14)18-9-5-11-26-18/h2-3,5-6,8-9,11-13,16H,4,7,10H2,1H3/t16-/m1/s1. The molecule has 1 aliphatic rings. The second kappa shape index (κ2) is 7.25. The number of hydrogen-bond acceptors (Lipinski definition) is 5. The lowest BCUT2D eigenvalue weighted by Crippen LogP contribution is -2.31. The van der Waals surface area contributed by atoms with Crippen LogP contribution in [0.15, 0.2) is 54.2 Å². The molecule has 3 heterocycles. The maximum absolute atomic E-state index is 13.0. The summed E-state index contributed by atoms with van der Waals surface area (Å²) in [6.07, 6.45) is 5.16. The van der Waals surface area contributed by atoms with Crippen molar-refractivity contribution >= 4 is 17.2 Å². The first kappa shape index (κ1) is 16.7.